The van der Waals surface area contributed by atoms with Crippen molar-refractivity contribution in [1.29, 1.82) is 0 Å². The molecular weight excluding hydrogens is 340 g/mol. The van der Waals surface area contributed by atoms with Gasteiger partial charge in [0.25, 0.3) is 5.91 Å². The summed E-state index contributed by atoms with van der Waals surface area (Å²) < 4.78 is 0. The highest BCUT2D eigenvalue weighted by atomic mass is 16.2. The van der Waals surface area contributed by atoms with Gasteiger partial charge in [-0.3, -0.25) is 19.6 Å². The van der Waals surface area contributed by atoms with Crippen molar-refractivity contribution in [2.45, 2.75) is 19.9 Å². The zero-order valence-electron chi connectivity index (χ0n) is 15.3. The van der Waals surface area contributed by atoms with Crippen LogP contribution in [0.2, 0.25) is 0 Å². The van der Waals surface area contributed by atoms with E-state index in [1.807, 2.05) is 44.2 Å². The van der Waals surface area contributed by atoms with Crippen LogP contribution in [0.25, 0.3) is 11.0 Å². The number of fused-ring (bicyclic) bond motifs is 1. The van der Waals surface area contributed by atoms with Crippen LogP contribution in [-0.2, 0) is 4.79 Å². The molecule has 0 spiro atoms. The summed E-state index contributed by atoms with van der Waals surface area (Å²) in [5.41, 5.74) is 3.67. The molecule has 0 saturated carbocycles. The molecule has 2 aromatic carbocycles. The molecule has 4 rings (SSSR count). The van der Waals surface area contributed by atoms with Gasteiger partial charge in [-0.15, -0.1) is 0 Å². The molecule has 6 nitrogen and oxygen atoms in total. The Hall–Kier alpha value is -3.28. The van der Waals surface area contributed by atoms with Gasteiger partial charge in [-0.2, -0.15) is 0 Å². The number of rotatable bonds is 2. The average Bonchev–Trinajstić information content (AvgIpc) is 2.68. The maximum absolute atomic E-state index is 13.2. The molecule has 1 aliphatic rings. The molecule has 1 saturated heterocycles. The van der Waals surface area contributed by atoms with Gasteiger partial charge in [-0.1, -0.05) is 18.2 Å². The second-order valence-electron chi connectivity index (χ2n) is 6.86. The van der Waals surface area contributed by atoms with Crippen molar-refractivity contribution < 1.29 is 9.59 Å². The fraction of sp³-hybridized carbons (Fsp3) is 0.238. The van der Waals surface area contributed by atoms with Gasteiger partial charge in [-0.25, -0.2) is 0 Å². The maximum Gasteiger partial charge on any atom is 0.256 e. The molecule has 0 bridgehead atoms. The summed E-state index contributed by atoms with van der Waals surface area (Å²) >= 11 is 0. The van der Waals surface area contributed by atoms with E-state index in [9.17, 15) is 9.59 Å². The molecule has 1 atom stereocenters. The Morgan fingerprint density at radius 3 is 2.70 bits per heavy atom. The van der Waals surface area contributed by atoms with Crippen molar-refractivity contribution in [2.24, 2.45) is 0 Å². The number of nitrogens with zero attached hydrogens (tertiary/aromatic N) is 4. The van der Waals surface area contributed by atoms with E-state index in [4.69, 9.17) is 0 Å². The van der Waals surface area contributed by atoms with Gasteiger partial charge in [0, 0.05) is 30.7 Å². The fourth-order valence-electron chi connectivity index (χ4n) is 3.49. The fourth-order valence-corrected chi connectivity index (χ4v) is 3.49. The lowest BCUT2D eigenvalue weighted by Gasteiger charge is -2.39. The highest BCUT2D eigenvalue weighted by molar-refractivity contribution is 6.07. The van der Waals surface area contributed by atoms with Crippen LogP contribution in [0, 0.1) is 6.92 Å². The first-order valence-corrected chi connectivity index (χ1v) is 8.92. The molecule has 2 amide bonds. The van der Waals surface area contributed by atoms with E-state index < -0.39 is 0 Å². The topological polar surface area (TPSA) is 66.4 Å². The smallest absolute Gasteiger partial charge is 0.256 e. The molecule has 136 valence electrons. The molecule has 6 heteroatoms. The number of anilines is 1. The van der Waals surface area contributed by atoms with E-state index in [1.54, 1.807) is 34.3 Å². The third kappa shape index (κ3) is 3.14. The van der Waals surface area contributed by atoms with Crippen LogP contribution in [0.5, 0.6) is 0 Å². The lowest BCUT2D eigenvalue weighted by Crippen LogP contribution is -2.57. The lowest BCUT2D eigenvalue weighted by atomic mass is 10.1. The summed E-state index contributed by atoms with van der Waals surface area (Å²) in [7, 11) is 0. The number of amides is 2. The normalized spacial score (nSPS) is 17.4. The van der Waals surface area contributed by atoms with Crippen LogP contribution in [0.4, 0.5) is 5.69 Å². The predicted octanol–water partition coefficient (Wildman–Crippen LogP) is 2.82. The maximum atomic E-state index is 13.2. The summed E-state index contributed by atoms with van der Waals surface area (Å²) in [6.45, 7) is 4.47. The number of aromatic nitrogens is 2. The number of para-hydroxylation sites is 1. The highest BCUT2D eigenvalue weighted by Gasteiger charge is 2.34. The third-order valence-corrected chi connectivity index (χ3v) is 4.89. The Morgan fingerprint density at radius 2 is 1.89 bits per heavy atom. The molecule has 1 aromatic heterocycles. The standard InChI is InChI=1S/C21H20N4O2/c1-14-5-3-6-16(11-14)25-12-15(2)24(13-19(25)26)21(27)17-7-4-8-18-20(17)23-10-9-22-18/h3-11,15H,12-13H2,1-2H3. The zero-order chi connectivity index (χ0) is 19.0. The second kappa shape index (κ2) is 6.79. The van der Waals surface area contributed by atoms with Gasteiger partial charge in [0.2, 0.25) is 5.91 Å². The number of carbonyl (C=O) groups is 2. The van der Waals surface area contributed by atoms with E-state index in [-0.39, 0.29) is 24.4 Å². The first kappa shape index (κ1) is 17.1. The minimum absolute atomic E-state index is 0.0462. The van der Waals surface area contributed by atoms with Crippen molar-refractivity contribution >= 4 is 28.5 Å². The molecule has 1 aliphatic heterocycles. The molecule has 3 aromatic rings. The Bertz CT molecular complexity index is 1030. The average molecular weight is 360 g/mol. The highest BCUT2D eigenvalue weighted by Crippen LogP contribution is 2.24. The third-order valence-electron chi connectivity index (χ3n) is 4.89. The molecule has 2 heterocycles. The summed E-state index contributed by atoms with van der Waals surface area (Å²) in [6.07, 6.45) is 3.17. The number of hydrogen-bond donors (Lipinski definition) is 0. The van der Waals surface area contributed by atoms with Gasteiger partial charge >= 0.3 is 0 Å². The number of piperazine rings is 1. The summed E-state index contributed by atoms with van der Waals surface area (Å²) in [4.78, 5) is 37.9. The van der Waals surface area contributed by atoms with Crippen molar-refractivity contribution in [3.8, 4) is 0 Å². The van der Waals surface area contributed by atoms with Gasteiger partial charge in [0.15, 0.2) is 0 Å². The Labute approximate surface area is 157 Å². The molecule has 0 N–H and O–H groups in total. The Morgan fingerprint density at radius 1 is 1.11 bits per heavy atom. The quantitative estimate of drug-likeness (QED) is 0.705. The number of benzene rings is 2. The summed E-state index contributed by atoms with van der Waals surface area (Å²) in [6, 6.07) is 13.1. The van der Waals surface area contributed by atoms with E-state index in [0.717, 1.165) is 11.3 Å². The predicted molar refractivity (Wildman–Crippen MR) is 104 cm³/mol. The van der Waals surface area contributed by atoms with Crippen molar-refractivity contribution in [3.63, 3.8) is 0 Å². The minimum atomic E-state index is -0.189. The SMILES string of the molecule is Cc1cccc(N2CC(C)N(C(=O)c3cccc4nccnc34)CC2=O)c1. The molecule has 0 radical (unpaired) electrons. The molecule has 0 aliphatic carbocycles. The molecule has 1 fully saturated rings. The Balaban J connectivity index is 1.62. The van der Waals surface area contributed by atoms with Gasteiger partial charge < -0.3 is 9.80 Å². The van der Waals surface area contributed by atoms with Crippen LogP contribution >= 0.6 is 0 Å². The van der Waals surface area contributed by atoms with Crippen molar-refractivity contribution in [2.75, 3.05) is 18.0 Å². The van der Waals surface area contributed by atoms with Crippen molar-refractivity contribution in [3.05, 3.63) is 66.0 Å². The first-order chi connectivity index (χ1) is 13.0. The van der Waals surface area contributed by atoms with Crippen LogP contribution in [-0.4, -0.2) is 45.8 Å². The van der Waals surface area contributed by atoms with Crippen LogP contribution in [0.1, 0.15) is 22.8 Å². The van der Waals surface area contributed by atoms with E-state index in [2.05, 4.69) is 9.97 Å². The summed E-state index contributed by atoms with van der Waals surface area (Å²) in [5.74, 6) is -0.274. The zero-order valence-corrected chi connectivity index (χ0v) is 15.3. The van der Waals surface area contributed by atoms with E-state index in [0.29, 0.717) is 23.1 Å². The van der Waals surface area contributed by atoms with Gasteiger partial charge in [-0.05, 0) is 43.7 Å². The van der Waals surface area contributed by atoms with Gasteiger partial charge in [0.05, 0.1) is 11.1 Å². The molecule has 27 heavy (non-hydrogen) atoms. The first-order valence-electron chi connectivity index (χ1n) is 8.92. The van der Waals surface area contributed by atoms with Crippen LogP contribution < -0.4 is 4.90 Å². The second-order valence-corrected chi connectivity index (χ2v) is 6.86. The number of carbonyl (C=O) groups excluding carboxylic acids is 2. The molecule has 1 unspecified atom stereocenters. The molecular formula is C21H20N4O2. The van der Waals surface area contributed by atoms with Gasteiger partial charge in [0.1, 0.15) is 12.1 Å². The number of aryl methyl sites for hydroxylation is 1. The van der Waals surface area contributed by atoms with Crippen molar-refractivity contribution in [1.82, 2.24) is 14.9 Å². The van der Waals surface area contributed by atoms with E-state index >= 15 is 0 Å². The van der Waals surface area contributed by atoms with E-state index in [1.165, 1.54) is 0 Å². The lowest BCUT2D eigenvalue weighted by molar-refractivity contribution is -0.121. The minimum Gasteiger partial charge on any atom is -0.325 e. The summed E-state index contributed by atoms with van der Waals surface area (Å²) in [5, 5.41) is 0. The largest absolute Gasteiger partial charge is 0.325 e. The van der Waals surface area contributed by atoms with Crippen LogP contribution in [0.3, 0.4) is 0 Å². The Kier molecular flexibility index (Phi) is 4.32. The number of hydrogen-bond acceptors (Lipinski definition) is 4. The van der Waals surface area contributed by atoms with Crippen LogP contribution in [0.15, 0.2) is 54.9 Å². The monoisotopic (exact) mass is 360 g/mol.